The average Bonchev–Trinajstić information content (AvgIpc) is 2.54. The molecular weight excluding hydrogens is 256 g/mol. The van der Waals surface area contributed by atoms with Crippen LogP contribution in [0.5, 0.6) is 0 Å². The molecule has 3 N–H and O–H groups in total. The predicted octanol–water partition coefficient (Wildman–Crippen LogP) is 0.322. The Morgan fingerprint density at radius 2 is 2.11 bits per heavy atom. The fourth-order valence-electron chi connectivity index (χ4n) is 1.49. The van der Waals surface area contributed by atoms with Gasteiger partial charge in [-0.3, -0.25) is 0 Å². The maximum atomic E-state index is 13.4. The molecule has 1 saturated heterocycles. The van der Waals surface area contributed by atoms with E-state index < -0.39 is 36.0 Å². The van der Waals surface area contributed by atoms with Gasteiger partial charge in [0.05, 0.1) is 6.61 Å². The summed E-state index contributed by atoms with van der Waals surface area (Å²) >= 11 is 0. The number of hydrogen-bond donors (Lipinski definition) is 2. The first kappa shape index (κ1) is 14.6. The van der Waals surface area contributed by atoms with Crippen LogP contribution < -0.4 is 5.73 Å². The minimum atomic E-state index is -4.33. The number of halogens is 2. The molecule has 0 saturated carbocycles. The Morgan fingerprint density at radius 1 is 1.56 bits per heavy atom. The summed E-state index contributed by atoms with van der Waals surface area (Å²) in [4.78, 5) is 21.1. The number of carboxylic acids is 1. The number of carboxylic acid groups (broad SMARTS) is 1. The molecule has 1 aliphatic heterocycles. The molecule has 1 amide bonds. The molecule has 7 nitrogen and oxygen atoms in total. The van der Waals surface area contributed by atoms with Crippen LogP contribution in [0.4, 0.5) is 13.6 Å². The molecule has 0 aromatic carbocycles. The van der Waals surface area contributed by atoms with E-state index in [4.69, 9.17) is 14.6 Å². The third kappa shape index (κ3) is 3.05. The van der Waals surface area contributed by atoms with Gasteiger partial charge in [-0.25, -0.2) is 9.59 Å². The molecule has 0 bridgehead atoms. The summed E-state index contributed by atoms with van der Waals surface area (Å²) in [5, 5.41) is 8.44. The van der Waals surface area contributed by atoms with Gasteiger partial charge in [-0.1, -0.05) is 0 Å². The van der Waals surface area contributed by atoms with Crippen LogP contribution in [-0.4, -0.2) is 47.7 Å². The van der Waals surface area contributed by atoms with E-state index in [0.29, 0.717) is 0 Å². The van der Waals surface area contributed by atoms with Crippen molar-refractivity contribution in [2.45, 2.75) is 37.8 Å². The number of carbonyl (C=O) groups excluding carboxylic acids is 1. The number of hydrogen-bond acceptors (Lipinski definition) is 5. The second-order valence-electron chi connectivity index (χ2n) is 4.15. The van der Waals surface area contributed by atoms with E-state index in [0.717, 1.165) is 0 Å². The minimum absolute atomic E-state index is 0.339. The topological polar surface area (TPSA) is 108 Å². The maximum absolute atomic E-state index is 13.4. The number of primary amides is 1. The van der Waals surface area contributed by atoms with E-state index in [9.17, 15) is 18.4 Å². The van der Waals surface area contributed by atoms with Gasteiger partial charge in [0.25, 0.3) is 0 Å². The highest BCUT2D eigenvalue weighted by atomic mass is 19.3. The normalized spacial score (nSPS) is 24.6. The first-order chi connectivity index (χ1) is 8.06. The highest BCUT2D eigenvalue weighted by molar-refractivity contribution is 5.77. The molecule has 1 heterocycles. The number of nitrogens with two attached hydrogens (primary N) is 1. The van der Waals surface area contributed by atoms with Crippen LogP contribution in [-0.2, 0) is 19.0 Å². The molecule has 0 spiro atoms. The summed E-state index contributed by atoms with van der Waals surface area (Å²) in [5.41, 5.74) is 4.64. The second kappa shape index (κ2) is 4.65. The van der Waals surface area contributed by atoms with Gasteiger partial charge in [-0.05, 0) is 13.8 Å². The van der Waals surface area contributed by atoms with E-state index in [1.807, 2.05) is 0 Å². The van der Waals surface area contributed by atoms with Gasteiger partial charge in [0.15, 0.2) is 5.79 Å². The molecule has 2 atom stereocenters. The number of aliphatic carboxylic acids is 1. The Labute approximate surface area is 101 Å². The van der Waals surface area contributed by atoms with Gasteiger partial charge in [-0.2, -0.15) is 8.78 Å². The molecule has 1 rings (SSSR count). The minimum Gasteiger partial charge on any atom is -0.477 e. The molecule has 0 aromatic heterocycles. The first-order valence-corrected chi connectivity index (χ1v) is 4.95. The van der Waals surface area contributed by atoms with E-state index in [1.54, 1.807) is 0 Å². The van der Waals surface area contributed by atoms with Crippen LogP contribution >= 0.6 is 0 Å². The van der Waals surface area contributed by atoms with E-state index in [1.165, 1.54) is 13.8 Å². The van der Waals surface area contributed by atoms with Crippen LogP contribution in [0.2, 0.25) is 0 Å². The summed E-state index contributed by atoms with van der Waals surface area (Å²) in [6, 6.07) is 0. The lowest BCUT2D eigenvalue weighted by Crippen LogP contribution is -2.52. The van der Waals surface area contributed by atoms with Gasteiger partial charge in [-0.15, -0.1) is 0 Å². The van der Waals surface area contributed by atoms with Crippen LogP contribution in [0.3, 0.4) is 0 Å². The fraction of sp³-hybridized carbons (Fsp3) is 0.778. The molecular formula is C9H13F2NO6. The van der Waals surface area contributed by atoms with Crippen molar-refractivity contribution < 1.29 is 37.7 Å². The largest absolute Gasteiger partial charge is 0.477 e. The van der Waals surface area contributed by atoms with Gasteiger partial charge >= 0.3 is 18.0 Å². The molecule has 1 fully saturated rings. The van der Waals surface area contributed by atoms with Crippen molar-refractivity contribution in [3.63, 3.8) is 0 Å². The SMILES string of the molecule is CC1(C)OCC([C@@H](OC(N)=O)C(F)(F)C(=O)O)O1. The summed E-state index contributed by atoms with van der Waals surface area (Å²) in [5.74, 6) is -7.94. The monoisotopic (exact) mass is 269 g/mol. The van der Waals surface area contributed by atoms with Crippen LogP contribution in [0.15, 0.2) is 0 Å². The lowest BCUT2D eigenvalue weighted by molar-refractivity contribution is -0.205. The Hall–Kier alpha value is -1.48. The number of carbonyl (C=O) groups is 2. The maximum Gasteiger partial charge on any atom is 0.405 e. The standard InChI is InChI=1S/C9H13F2NO6/c1-8(2)16-3-4(18-8)5(17-7(12)15)9(10,11)6(13)14/h4-5H,3H2,1-2H3,(H2,12,15)(H,13,14)/t4?,5-/m1/s1. The Kier molecular flexibility index (Phi) is 3.77. The fourth-order valence-corrected chi connectivity index (χ4v) is 1.49. The molecule has 0 aromatic rings. The number of alkyl halides is 2. The molecule has 0 radical (unpaired) electrons. The van der Waals surface area contributed by atoms with Crippen molar-refractivity contribution in [2.24, 2.45) is 5.73 Å². The van der Waals surface area contributed by atoms with Crippen LogP contribution in [0.25, 0.3) is 0 Å². The average molecular weight is 269 g/mol. The summed E-state index contributed by atoms with van der Waals surface area (Å²) in [6.07, 6.45) is -5.29. The number of amides is 1. The van der Waals surface area contributed by atoms with Crippen LogP contribution in [0.1, 0.15) is 13.8 Å². The zero-order valence-electron chi connectivity index (χ0n) is 9.68. The third-order valence-electron chi connectivity index (χ3n) is 2.25. The number of rotatable bonds is 4. The van der Waals surface area contributed by atoms with E-state index >= 15 is 0 Å². The Morgan fingerprint density at radius 3 is 2.44 bits per heavy atom. The molecule has 1 aliphatic rings. The zero-order chi connectivity index (χ0) is 14.1. The van der Waals surface area contributed by atoms with E-state index in [-0.39, 0.29) is 6.61 Å². The van der Waals surface area contributed by atoms with Gasteiger partial charge in [0.2, 0.25) is 6.10 Å². The summed E-state index contributed by atoms with van der Waals surface area (Å²) in [7, 11) is 0. The van der Waals surface area contributed by atoms with Crippen molar-refractivity contribution in [3.8, 4) is 0 Å². The smallest absolute Gasteiger partial charge is 0.405 e. The highest BCUT2D eigenvalue weighted by Crippen LogP contribution is 2.32. The van der Waals surface area contributed by atoms with E-state index in [2.05, 4.69) is 10.5 Å². The molecule has 1 unspecified atom stereocenters. The molecule has 104 valence electrons. The van der Waals surface area contributed by atoms with Crippen molar-refractivity contribution in [2.75, 3.05) is 6.61 Å². The second-order valence-corrected chi connectivity index (χ2v) is 4.15. The quantitative estimate of drug-likeness (QED) is 0.761. The lowest BCUT2D eigenvalue weighted by atomic mass is 10.1. The molecule has 0 aliphatic carbocycles. The van der Waals surface area contributed by atoms with Gasteiger partial charge in [0, 0.05) is 0 Å². The van der Waals surface area contributed by atoms with Crippen molar-refractivity contribution in [1.29, 1.82) is 0 Å². The summed E-state index contributed by atoms with van der Waals surface area (Å²) in [6.45, 7) is 2.56. The van der Waals surface area contributed by atoms with Gasteiger partial charge < -0.3 is 25.1 Å². The summed E-state index contributed by atoms with van der Waals surface area (Å²) < 4.78 is 41.0. The van der Waals surface area contributed by atoms with Crippen LogP contribution in [0, 0.1) is 0 Å². The predicted molar refractivity (Wildman–Crippen MR) is 51.9 cm³/mol. The highest BCUT2D eigenvalue weighted by Gasteiger charge is 2.57. The molecule has 9 heteroatoms. The zero-order valence-corrected chi connectivity index (χ0v) is 9.68. The van der Waals surface area contributed by atoms with Gasteiger partial charge in [0.1, 0.15) is 6.10 Å². The Balaban J connectivity index is 2.93. The molecule has 18 heavy (non-hydrogen) atoms. The first-order valence-electron chi connectivity index (χ1n) is 4.95. The third-order valence-corrected chi connectivity index (χ3v) is 2.25. The number of ether oxygens (including phenoxy) is 3. The van der Waals surface area contributed by atoms with Crippen molar-refractivity contribution in [1.82, 2.24) is 0 Å². The lowest BCUT2D eigenvalue weighted by Gasteiger charge is -2.27. The van der Waals surface area contributed by atoms with Crippen molar-refractivity contribution in [3.05, 3.63) is 0 Å². The Bertz CT molecular complexity index is 359. The van der Waals surface area contributed by atoms with Crippen molar-refractivity contribution >= 4 is 12.1 Å².